The van der Waals surface area contributed by atoms with E-state index in [4.69, 9.17) is 12.2 Å². The zero-order chi connectivity index (χ0) is 10.7. The summed E-state index contributed by atoms with van der Waals surface area (Å²) in [7, 11) is 1.89. The SMILES string of the molecule is Cn1cc(NC(=S)NC2CCCC2)cn1. The Kier molecular flexibility index (Phi) is 3.20. The van der Waals surface area contributed by atoms with Gasteiger partial charge in [-0.25, -0.2) is 0 Å². The molecule has 0 amide bonds. The van der Waals surface area contributed by atoms with Crippen LogP contribution in [0.3, 0.4) is 0 Å². The molecule has 0 spiro atoms. The Morgan fingerprint density at radius 1 is 1.53 bits per heavy atom. The number of nitrogens with zero attached hydrogens (tertiary/aromatic N) is 2. The molecule has 82 valence electrons. The van der Waals surface area contributed by atoms with Crippen molar-refractivity contribution >= 4 is 23.0 Å². The number of hydrogen-bond acceptors (Lipinski definition) is 2. The van der Waals surface area contributed by atoms with Crippen LogP contribution in [0.4, 0.5) is 5.69 Å². The molecule has 0 aromatic carbocycles. The normalized spacial score (nSPS) is 16.6. The molecule has 1 aromatic heterocycles. The minimum Gasteiger partial charge on any atom is -0.360 e. The van der Waals surface area contributed by atoms with E-state index < -0.39 is 0 Å². The van der Waals surface area contributed by atoms with Gasteiger partial charge < -0.3 is 10.6 Å². The lowest BCUT2D eigenvalue weighted by Crippen LogP contribution is -2.35. The first-order chi connectivity index (χ1) is 7.24. The summed E-state index contributed by atoms with van der Waals surface area (Å²) in [5.74, 6) is 0. The number of aryl methyl sites for hydroxylation is 1. The second-order valence-corrected chi connectivity index (χ2v) is 4.39. The first-order valence-electron chi connectivity index (χ1n) is 5.30. The molecule has 1 saturated carbocycles. The molecule has 15 heavy (non-hydrogen) atoms. The fourth-order valence-corrected chi connectivity index (χ4v) is 2.19. The van der Waals surface area contributed by atoms with E-state index in [-0.39, 0.29) is 0 Å². The van der Waals surface area contributed by atoms with Crippen LogP contribution >= 0.6 is 12.2 Å². The lowest BCUT2D eigenvalue weighted by Gasteiger charge is -2.14. The van der Waals surface area contributed by atoms with Crippen LogP contribution in [-0.4, -0.2) is 20.9 Å². The fourth-order valence-electron chi connectivity index (χ4n) is 1.91. The largest absolute Gasteiger partial charge is 0.360 e. The Bertz CT molecular complexity index is 341. The molecule has 0 saturated heterocycles. The van der Waals surface area contributed by atoms with Crippen molar-refractivity contribution in [3.63, 3.8) is 0 Å². The molecule has 4 nitrogen and oxygen atoms in total. The van der Waals surface area contributed by atoms with Crippen LogP contribution in [0.15, 0.2) is 12.4 Å². The molecule has 0 aliphatic heterocycles. The fraction of sp³-hybridized carbons (Fsp3) is 0.600. The Morgan fingerprint density at radius 2 is 2.27 bits per heavy atom. The maximum atomic E-state index is 5.22. The summed E-state index contributed by atoms with van der Waals surface area (Å²) >= 11 is 5.22. The number of rotatable bonds is 2. The van der Waals surface area contributed by atoms with Gasteiger partial charge in [0, 0.05) is 19.3 Å². The van der Waals surface area contributed by atoms with Crippen molar-refractivity contribution in [3.8, 4) is 0 Å². The van der Waals surface area contributed by atoms with E-state index in [0.29, 0.717) is 11.2 Å². The average Bonchev–Trinajstić information content (AvgIpc) is 2.77. The molecule has 2 N–H and O–H groups in total. The maximum Gasteiger partial charge on any atom is 0.171 e. The Morgan fingerprint density at radius 3 is 2.87 bits per heavy atom. The smallest absolute Gasteiger partial charge is 0.171 e. The first kappa shape index (κ1) is 10.4. The monoisotopic (exact) mass is 224 g/mol. The molecule has 0 atom stereocenters. The van der Waals surface area contributed by atoms with Crippen LogP contribution < -0.4 is 10.6 Å². The highest BCUT2D eigenvalue weighted by molar-refractivity contribution is 7.80. The van der Waals surface area contributed by atoms with Crippen molar-refractivity contribution in [1.82, 2.24) is 15.1 Å². The minimum atomic E-state index is 0.557. The van der Waals surface area contributed by atoms with Gasteiger partial charge in [-0.1, -0.05) is 12.8 Å². The summed E-state index contributed by atoms with van der Waals surface area (Å²) in [6, 6.07) is 0.557. The molecule has 1 heterocycles. The first-order valence-corrected chi connectivity index (χ1v) is 5.71. The van der Waals surface area contributed by atoms with Crippen LogP contribution in [0.25, 0.3) is 0 Å². The number of thiocarbonyl (C=S) groups is 1. The van der Waals surface area contributed by atoms with Crippen molar-refractivity contribution < 1.29 is 0 Å². The zero-order valence-electron chi connectivity index (χ0n) is 8.86. The lowest BCUT2D eigenvalue weighted by atomic mass is 10.3. The van der Waals surface area contributed by atoms with Crippen molar-refractivity contribution in [1.29, 1.82) is 0 Å². The second-order valence-electron chi connectivity index (χ2n) is 3.98. The van der Waals surface area contributed by atoms with Crippen LogP contribution in [-0.2, 0) is 7.05 Å². The van der Waals surface area contributed by atoms with Crippen molar-refractivity contribution in [3.05, 3.63) is 12.4 Å². The standard InChI is InChI=1S/C10H16N4S/c1-14-7-9(6-11-14)13-10(15)12-8-4-2-3-5-8/h6-8H,2-5H2,1H3,(H2,12,13,15). The van der Waals surface area contributed by atoms with Gasteiger partial charge in [0.2, 0.25) is 0 Å². The van der Waals surface area contributed by atoms with Gasteiger partial charge in [0.25, 0.3) is 0 Å². The second kappa shape index (κ2) is 4.61. The molecule has 1 aliphatic rings. The van der Waals surface area contributed by atoms with Crippen LogP contribution in [0.5, 0.6) is 0 Å². The maximum absolute atomic E-state index is 5.22. The number of nitrogens with one attached hydrogen (secondary N) is 2. The van der Waals surface area contributed by atoms with Crippen molar-refractivity contribution in [2.45, 2.75) is 31.7 Å². The molecule has 2 rings (SSSR count). The van der Waals surface area contributed by atoms with Gasteiger partial charge in [0.15, 0.2) is 5.11 Å². The summed E-state index contributed by atoms with van der Waals surface area (Å²) in [5.41, 5.74) is 0.938. The molecule has 1 aliphatic carbocycles. The summed E-state index contributed by atoms with van der Waals surface area (Å²) in [5, 5.41) is 11.2. The highest BCUT2D eigenvalue weighted by atomic mass is 32.1. The summed E-state index contributed by atoms with van der Waals surface area (Å²) < 4.78 is 1.75. The lowest BCUT2D eigenvalue weighted by molar-refractivity contribution is 0.634. The average molecular weight is 224 g/mol. The van der Waals surface area contributed by atoms with Crippen LogP contribution in [0.2, 0.25) is 0 Å². The summed E-state index contributed by atoms with van der Waals surface area (Å²) in [4.78, 5) is 0. The van der Waals surface area contributed by atoms with E-state index in [1.165, 1.54) is 25.7 Å². The molecule has 1 aromatic rings. The highest BCUT2D eigenvalue weighted by Crippen LogP contribution is 2.17. The molecule has 1 fully saturated rings. The molecular weight excluding hydrogens is 208 g/mol. The number of hydrogen-bond donors (Lipinski definition) is 2. The van der Waals surface area contributed by atoms with Crippen molar-refractivity contribution in [2.75, 3.05) is 5.32 Å². The van der Waals surface area contributed by atoms with Gasteiger partial charge in [-0.2, -0.15) is 5.10 Å². The van der Waals surface area contributed by atoms with Gasteiger partial charge in [-0.3, -0.25) is 4.68 Å². The molecular formula is C10H16N4S. The minimum absolute atomic E-state index is 0.557. The molecule has 5 heteroatoms. The Balaban J connectivity index is 1.81. The molecule has 0 unspecified atom stereocenters. The van der Waals surface area contributed by atoms with Gasteiger partial charge in [-0.05, 0) is 25.1 Å². The van der Waals surface area contributed by atoms with E-state index in [2.05, 4.69) is 15.7 Å². The van der Waals surface area contributed by atoms with Crippen LogP contribution in [0.1, 0.15) is 25.7 Å². The van der Waals surface area contributed by atoms with E-state index in [0.717, 1.165) is 5.69 Å². The topological polar surface area (TPSA) is 41.9 Å². The van der Waals surface area contributed by atoms with Crippen molar-refractivity contribution in [2.24, 2.45) is 7.05 Å². The highest BCUT2D eigenvalue weighted by Gasteiger charge is 2.15. The number of anilines is 1. The Hall–Kier alpha value is -1.10. The van der Waals surface area contributed by atoms with Gasteiger partial charge in [0.05, 0.1) is 11.9 Å². The zero-order valence-corrected chi connectivity index (χ0v) is 9.68. The summed E-state index contributed by atoms with van der Waals surface area (Å²) in [6.45, 7) is 0. The molecule has 0 bridgehead atoms. The van der Waals surface area contributed by atoms with Crippen LogP contribution in [0, 0.1) is 0 Å². The van der Waals surface area contributed by atoms with Gasteiger partial charge >= 0.3 is 0 Å². The summed E-state index contributed by atoms with van der Waals surface area (Å²) in [6.07, 6.45) is 8.76. The molecule has 0 radical (unpaired) electrons. The Labute approximate surface area is 95.0 Å². The predicted octanol–water partition coefficient (Wildman–Crippen LogP) is 1.65. The third kappa shape index (κ3) is 2.92. The van der Waals surface area contributed by atoms with E-state index in [1.807, 2.05) is 13.2 Å². The number of aromatic nitrogens is 2. The van der Waals surface area contributed by atoms with E-state index in [1.54, 1.807) is 10.9 Å². The van der Waals surface area contributed by atoms with E-state index in [9.17, 15) is 0 Å². The van der Waals surface area contributed by atoms with Gasteiger partial charge in [-0.15, -0.1) is 0 Å². The third-order valence-electron chi connectivity index (χ3n) is 2.65. The van der Waals surface area contributed by atoms with E-state index >= 15 is 0 Å². The third-order valence-corrected chi connectivity index (χ3v) is 2.87. The predicted molar refractivity (Wildman–Crippen MR) is 64.8 cm³/mol. The van der Waals surface area contributed by atoms with Gasteiger partial charge in [0.1, 0.15) is 0 Å². The quantitative estimate of drug-likeness (QED) is 0.750.